The number of hydrogen-bond acceptors (Lipinski definition) is 6. The smallest absolute Gasteiger partial charge is 0.331 e. The third kappa shape index (κ3) is 5.19. The number of thiazole rings is 1. The lowest BCUT2D eigenvalue weighted by Gasteiger charge is -2.09. The van der Waals surface area contributed by atoms with Gasteiger partial charge in [0, 0.05) is 43.3 Å². The molecule has 0 unspecified atom stereocenters. The van der Waals surface area contributed by atoms with Gasteiger partial charge in [-0.15, -0.1) is 11.3 Å². The van der Waals surface area contributed by atoms with Gasteiger partial charge in [-0.05, 0) is 44.5 Å². The normalized spacial score (nSPS) is 11.4. The number of carbonyl (C=O) groups excluding carboxylic acids is 2. The average molecular weight is 413 g/mol. The summed E-state index contributed by atoms with van der Waals surface area (Å²) in [5.74, 6) is -0.774. The molecule has 3 aromatic rings. The fourth-order valence-electron chi connectivity index (χ4n) is 3.16. The molecule has 0 saturated carbocycles. The summed E-state index contributed by atoms with van der Waals surface area (Å²) in [4.78, 5) is 28.9. The highest BCUT2D eigenvalue weighted by Gasteiger charge is 2.16. The van der Waals surface area contributed by atoms with E-state index in [1.807, 2.05) is 44.2 Å². The van der Waals surface area contributed by atoms with Gasteiger partial charge in [-0.1, -0.05) is 12.1 Å². The standard InChI is InChI=1S/C22H24N2O4S/c1-15-13-17(16(2)24(15)11-6-12-27-3)19(25)14-28-22(26)10-9-21-23-18-7-4-5-8-20(18)29-21/h4-5,7-10,13H,6,11-12,14H2,1-3H3/b10-9+. The quantitative estimate of drug-likeness (QED) is 0.228. The van der Waals surface area contributed by atoms with Gasteiger partial charge in [0.25, 0.3) is 0 Å². The molecule has 0 spiro atoms. The number of ketones is 1. The molecule has 0 bridgehead atoms. The number of carbonyl (C=O) groups is 2. The third-order valence-corrected chi connectivity index (χ3v) is 5.62. The number of methoxy groups -OCH3 is 1. The van der Waals surface area contributed by atoms with Crippen LogP contribution in [0.1, 0.15) is 33.2 Å². The number of Topliss-reactive ketones (excluding diaryl/α,β-unsaturated/α-hetero) is 1. The summed E-state index contributed by atoms with van der Waals surface area (Å²) in [5.41, 5.74) is 3.36. The molecule has 0 saturated heterocycles. The highest BCUT2D eigenvalue weighted by atomic mass is 32.1. The fraction of sp³-hybridized carbons (Fsp3) is 0.318. The predicted molar refractivity (Wildman–Crippen MR) is 114 cm³/mol. The van der Waals surface area contributed by atoms with E-state index in [4.69, 9.17) is 9.47 Å². The minimum atomic E-state index is -0.563. The Morgan fingerprint density at radius 1 is 1.24 bits per heavy atom. The van der Waals surface area contributed by atoms with E-state index in [1.54, 1.807) is 13.2 Å². The molecule has 2 aromatic heterocycles. The zero-order valence-electron chi connectivity index (χ0n) is 16.8. The summed E-state index contributed by atoms with van der Waals surface area (Å²) >= 11 is 1.49. The Labute approximate surface area is 173 Å². The van der Waals surface area contributed by atoms with E-state index in [0.717, 1.165) is 34.6 Å². The molecule has 0 radical (unpaired) electrons. The summed E-state index contributed by atoms with van der Waals surface area (Å²) in [6.45, 7) is 5.03. The minimum Gasteiger partial charge on any atom is -0.454 e. The van der Waals surface area contributed by atoms with E-state index in [9.17, 15) is 9.59 Å². The van der Waals surface area contributed by atoms with Gasteiger partial charge in [0.05, 0.1) is 10.2 Å². The van der Waals surface area contributed by atoms with Crippen LogP contribution in [0.25, 0.3) is 16.3 Å². The molecule has 0 aliphatic carbocycles. The van der Waals surface area contributed by atoms with Crippen molar-refractivity contribution >= 4 is 39.4 Å². The molecule has 7 heteroatoms. The number of para-hydroxylation sites is 1. The molecule has 6 nitrogen and oxygen atoms in total. The van der Waals surface area contributed by atoms with Crippen LogP contribution in [0, 0.1) is 13.8 Å². The second-order valence-corrected chi connectivity index (χ2v) is 7.73. The Hall–Kier alpha value is -2.77. The highest BCUT2D eigenvalue weighted by molar-refractivity contribution is 7.19. The molecule has 29 heavy (non-hydrogen) atoms. The second-order valence-electron chi connectivity index (χ2n) is 6.67. The van der Waals surface area contributed by atoms with Gasteiger partial charge < -0.3 is 14.0 Å². The first kappa shape index (κ1) is 21.0. The first-order valence-corrected chi connectivity index (χ1v) is 10.2. The van der Waals surface area contributed by atoms with Gasteiger partial charge in [0.1, 0.15) is 5.01 Å². The third-order valence-electron chi connectivity index (χ3n) is 4.62. The van der Waals surface area contributed by atoms with Gasteiger partial charge in [-0.2, -0.15) is 0 Å². The van der Waals surface area contributed by atoms with Crippen LogP contribution in [0.2, 0.25) is 0 Å². The predicted octanol–water partition coefficient (Wildman–Crippen LogP) is 4.19. The summed E-state index contributed by atoms with van der Waals surface area (Å²) in [7, 11) is 1.67. The summed E-state index contributed by atoms with van der Waals surface area (Å²) in [5, 5.41) is 0.717. The lowest BCUT2D eigenvalue weighted by Crippen LogP contribution is -2.14. The Kier molecular flexibility index (Phi) is 6.95. The zero-order chi connectivity index (χ0) is 20.8. The van der Waals surface area contributed by atoms with E-state index in [1.165, 1.54) is 17.4 Å². The van der Waals surface area contributed by atoms with Gasteiger partial charge in [-0.25, -0.2) is 9.78 Å². The summed E-state index contributed by atoms with van der Waals surface area (Å²) < 4.78 is 13.4. The zero-order valence-corrected chi connectivity index (χ0v) is 17.6. The number of hydrogen-bond donors (Lipinski definition) is 0. The van der Waals surface area contributed by atoms with Crippen LogP contribution in [-0.2, 0) is 20.8 Å². The van der Waals surface area contributed by atoms with Crippen molar-refractivity contribution in [3.8, 4) is 0 Å². The first-order valence-electron chi connectivity index (χ1n) is 9.39. The molecule has 0 atom stereocenters. The number of fused-ring (bicyclic) bond motifs is 1. The lowest BCUT2D eigenvalue weighted by molar-refractivity contribution is -0.136. The molecule has 0 N–H and O–H groups in total. The van der Waals surface area contributed by atoms with E-state index in [2.05, 4.69) is 9.55 Å². The van der Waals surface area contributed by atoms with E-state index >= 15 is 0 Å². The second kappa shape index (κ2) is 9.62. The Morgan fingerprint density at radius 3 is 2.79 bits per heavy atom. The number of nitrogens with zero attached hydrogens (tertiary/aromatic N) is 2. The van der Waals surface area contributed by atoms with Crippen LogP contribution in [0.15, 0.2) is 36.4 Å². The maximum absolute atomic E-state index is 12.5. The van der Waals surface area contributed by atoms with Crippen LogP contribution < -0.4 is 0 Å². The molecule has 0 fully saturated rings. The number of benzene rings is 1. The maximum atomic E-state index is 12.5. The lowest BCUT2D eigenvalue weighted by atomic mass is 10.1. The van der Waals surface area contributed by atoms with Crippen molar-refractivity contribution in [2.75, 3.05) is 20.3 Å². The molecule has 0 amide bonds. The van der Waals surface area contributed by atoms with Crippen molar-refractivity contribution in [2.45, 2.75) is 26.8 Å². The van der Waals surface area contributed by atoms with E-state index in [-0.39, 0.29) is 12.4 Å². The van der Waals surface area contributed by atoms with Crippen LogP contribution in [0.4, 0.5) is 0 Å². The van der Waals surface area contributed by atoms with Crippen molar-refractivity contribution in [3.05, 3.63) is 58.4 Å². The highest BCUT2D eigenvalue weighted by Crippen LogP contribution is 2.22. The van der Waals surface area contributed by atoms with Crippen LogP contribution in [0.3, 0.4) is 0 Å². The summed E-state index contributed by atoms with van der Waals surface area (Å²) in [6, 6.07) is 9.61. The van der Waals surface area contributed by atoms with Crippen molar-refractivity contribution < 1.29 is 19.1 Å². The molecule has 0 aliphatic heterocycles. The maximum Gasteiger partial charge on any atom is 0.331 e. The Morgan fingerprint density at radius 2 is 2.03 bits per heavy atom. The van der Waals surface area contributed by atoms with Crippen LogP contribution in [0.5, 0.6) is 0 Å². The van der Waals surface area contributed by atoms with Crippen molar-refractivity contribution in [2.24, 2.45) is 0 Å². The van der Waals surface area contributed by atoms with E-state index < -0.39 is 5.97 Å². The number of rotatable bonds is 9. The van der Waals surface area contributed by atoms with Gasteiger partial charge in [-0.3, -0.25) is 4.79 Å². The van der Waals surface area contributed by atoms with E-state index in [0.29, 0.717) is 17.2 Å². The SMILES string of the molecule is COCCCn1c(C)cc(C(=O)COC(=O)/C=C/c2nc3ccccc3s2)c1C. The molecule has 1 aromatic carbocycles. The Bertz CT molecular complexity index is 1020. The Balaban J connectivity index is 1.57. The molecule has 152 valence electrons. The molecular formula is C22H24N2O4S. The topological polar surface area (TPSA) is 70.4 Å². The van der Waals surface area contributed by atoms with Crippen LogP contribution in [-0.4, -0.2) is 41.6 Å². The average Bonchev–Trinajstić information content (AvgIpc) is 3.26. The summed E-state index contributed by atoms with van der Waals surface area (Å²) in [6.07, 6.45) is 3.78. The monoisotopic (exact) mass is 412 g/mol. The molecule has 0 aliphatic rings. The largest absolute Gasteiger partial charge is 0.454 e. The molecule has 2 heterocycles. The van der Waals surface area contributed by atoms with Crippen molar-refractivity contribution in [1.82, 2.24) is 9.55 Å². The molecular weight excluding hydrogens is 388 g/mol. The van der Waals surface area contributed by atoms with Crippen LogP contribution >= 0.6 is 11.3 Å². The molecule has 3 rings (SSSR count). The fourth-order valence-corrected chi connectivity index (χ4v) is 4.03. The number of ether oxygens (including phenoxy) is 2. The van der Waals surface area contributed by atoms with Gasteiger partial charge >= 0.3 is 5.97 Å². The van der Waals surface area contributed by atoms with Gasteiger partial charge in [0.15, 0.2) is 6.61 Å². The number of aromatic nitrogens is 2. The van der Waals surface area contributed by atoms with Crippen molar-refractivity contribution in [1.29, 1.82) is 0 Å². The minimum absolute atomic E-state index is 0.210. The number of esters is 1. The van der Waals surface area contributed by atoms with Crippen molar-refractivity contribution in [3.63, 3.8) is 0 Å². The number of aryl methyl sites for hydroxylation is 1. The first-order chi connectivity index (χ1) is 14.0. The van der Waals surface area contributed by atoms with Gasteiger partial charge in [0.2, 0.25) is 5.78 Å².